The van der Waals surface area contributed by atoms with Crippen molar-refractivity contribution in [1.82, 2.24) is 5.32 Å². The van der Waals surface area contributed by atoms with Crippen LogP contribution in [0.25, 0.3) is 0 Å². The Morgan fingerprint density at radius 1 is 1.37 bits per heavy atom. The van der Waals surface area contributed by atoms with Crippen LogP contribution in [0.1, 0.15) is 59.3 Å². The van der Waals surface area contributed by atoms with E-state index in [1.165, 1.54) is 38.5 Å². The molecule has 114 valence electrons. The Balaban J connectivity index is 2.00. The van der Waals surface area contributed by atoms with E-state index in [9.17, 15) is 0 Å². The zero-order valence-electron chi connectivity index (χ0n) is 13.1. The van der Waals surface area contributed by atoms with Gasteiger partial charge in [0.05, 0.1) is 12.2 Å². The molecule has 0 aromatic heterocycles. The fraction of sp³-hybridized carbons (Fsp3) is 1.00. The van der Waals surface area contributed by atoms with E-state index in [0.29, 0.717) is 12.2 Å². The van der Waals surface area contributed by atoms with Crippen LogP contribution in [0.5, 0.6) is 0 Å². The highest BCUT2D eigenvalue weighted by atomic mass is 16.5. The minimum Gasteiger partial charge on any atom is -0.377 e. The first kappa shape index (κ1) is 16.9. The largest absolute Gasteiger partial charge is 0.377 e. The number of ether oxygens (including phenoxy) is 2. The highest BCUT2D eigenvalue weighted by molar-refractivity contribution is 4.68. The molecule has 0 bridgehead atoms. The Bertz CT molecular complexity index is 205. The SMILES string of the molecule is CCCCC(CC)COC(C)CNCC1CCCO1. The summed E-state index contributed by atoms with van der Waals surface area (Å²) < 4.78 is 11.5. The van der Waals surface area contributed by atoms with Crippen molar-refractivity contribution >= 4 is 0 Å². The van der Waals surface area contributed by atoms with Gasteiger partial charge in [-0.15, -0.1) is 0 Å². The summed E-state index contributed by atoms with van der Waals surface area (Å²) in [5.41, 5.74) is 0. The number of hydrogen-bond acceptors (Lipinski definition) is 3. The van der Waals surface area contributed by atoms with E-state index < -0.39 is 0 Å². The van der Waals surface area contributed by atoms with Gasteiger partial charge in [-0.25, -0.2) is 0 Å². The summed E-state index contributed by atoms with van der Waals surface area (Å²) in [7, 11) is 0. The minimum atomic E-state index is 0.303. The highest BCUT2D eigenvalue weighted by Gasteiger charge is 2.15. The molecule has 3 nitrogen and oxygen atoms in total. The molecule has 3 atom stereocenters. The van der Waals surface area contributed by atoms with Gasteiger partial charge in [0.15, 0.2) is 0 Å². The molecule has 3 heteroatoms. The van der Waals surface area contributed by atoms with Gasteiger partial charge in [-0.05, 0) is 32.1 Å². The summed E-state index contributed by atoms with van der Waals surface area (Å²) >= 11 is 0. The third-order valence-corrected chi connectivity index (χ3v) is 3.99. The monoisotopic (exact) mass is 271 g/mol. The van der Waals surface area contributed by atoms with Crippen molar-refractivity contribution in [3.05, 3.63) is 0 Å². The smallest absolute Gasteiger partial charge is 0.0700 e. The van der Waals surface area contributed by atoms with Crippen molar-refractivity contribution in [3.63, 3.8) is 0 Å². The molecule has 1 N–H and O–H groups in total. The van der Waals surface area contributed by atoms with Crippen LogP contribution in [-0.2, 0) is 9.47 Å². The molecule has 0 aromatic rings. The van der Waals surface area contributed by atoms with Gasteiger partial charge in [-0.3, -0.25) is 0 Å². The Kier molecular flexibility index (Phi) is 9.48. The zero-order chi connectivity index (χ0) is 13.9. The van der Waals surface area contributed by atoms with E-state index in [2.05, 4.69) is 26.1 Å². The average molecular weight is 271 g/mol. The first-order chi connectivity index (χ1) is 9.26. The van der Waals surface area contributed by atoms with E-state index >= 15 is 0 Å². The number of rotatable bonds is 11. The molecule has 1 aliphatic rings. The fourth-order valence-electron chi connectivity index (χ4n) is 2.51. The van der Waals surface area contributed by atoms with Gasteiger partial charge in [0.1, 0.15) is 0 Å². The second kappa shape index (κ2) is 10.6. The first-order valence-corrected chi connectivity index (χ1v) is 8.20. The lowest BCUT2D eigenvalue weighted by molar-refractivity contribution is 0.0339. The molecular weight excluding hydrogens is 238 g/mol. The van der Waals surface area contributed by atoms with Crippen LogP contribution in [0.2, 0.25) is 0 Å². The maximum Gasteiger partial charge on any atom is 0.0700 e. The summed E-state index contributed by atoms with van der Waals surface area (Å²) in [4.78, 5) is 0. The standard InChI is InChI=1S/C16H33NO2/c1-4-6-8-15(5-2)13-19-14(3)11-17-12-16-9-7-10-18-16/h14-17H,4-13H2,1-3H3. The van der Waals surface area contributed by atoms with Crippen LogP contribution in [0.3, 0.4) is 0 Å². The van der Waals surface area contributed by atoms with Crippen LogP contribution >= 0.6 is 0 Å². The summed E-state index contributed by atoms with van der Waals surface area (Å²) in [5, 5.41) is 3.46. The lowest BCUT2D eigenvalue weighted by Gasteiger charge is -2.20. The Morgan fingerprint density at radius 3 is 2.84 bits per heavy atom. The van der Waals surface area contributed by atoms with Crippen molar-refractivity contribution in [2.45, 2.75) is 71.5 Å². The average Bonchev–Trinajstić information content (AvgIpc) is 2.92. The predicted molar refractivity (Wildman–Crippen MR) is 80.6 cm³/mol. The summed E-state index contributed by atoms with van der Waals surface area (Å²) in [6.07, 6.45) is 8.31. The lowest BCUT2D eigenvalue weighted by Crippen LogP contribution is -2.33. The van der Waals surface area contributed by atoms with Crippen LogP contribution < -0.4 is 5.32 Å². The second-order valence-electron chi connectivity index (χ2n) is 5.85. The van der Waals surface area contributed by atoms with Crippen LogP contribution in [0, 0.1) is 5.92 Å². The molecule has 0 aromatic carbocycles. The second-order valence-corrected chi connectivity index (χ2v) is 5.85. The molecule has 0 amide bonds. The molecule has 1 saturated heterocycles. The molecule has 1 rings (SSSR count). The van der Waals surface area contributed by atoms with Gasteiger partial charge in [0, 0.05) is 26.3 Å². The van der Waals surface area contributed by atoms with Crippen LogP contribution in [-0.4, -0.2) is 38.5 Å². The van der Waals surface area contributed by atoms with Crippen molar-refractivity contribution < 1.29 is 9.47 Å². The molecule has 0 spiro atoms. The molecule has 0 saturated carbocycles. The third-order valence-electron chi connectivity index (χ3n) is 3.99. The summed E-state index contributed by atoms with van der Waals surface area (Å²) in [5.74, 6) is 0.737. The number of hydrogen-bond donors (Lipinski definition) is 1. The molecule has 1 fully saturated rings. The molecule has 1 heterocycles. The fourth-order valence-corrected chi connectivity index (χ4v) is 2.51. The predicted octanol–water partition coefficient (Wildman–Crippen LogP) is 3.38. The normalized spacial score (nSPS) is 22.6. The molecule has 19 heavy (non-hydrogen) atoms. The van der Waals surface area contributed by atoms with E-state index in [1.807, 2.05) is 0 Å². The maximum absolute atomic E-state index is 5.95. The van der Waals surface area contributed by atoms with Crippen molar-refractivity contribution in [3.8, 4) is 0 Å². The third kappa shape index (κ3) is 7.91. The van der Waals surface area contributed by atoms with E-state index in [4.69, 9.17) is 9.47 Å². The van der Waals surface area contributed by atoms with Gasteiger partial charge in [0.2, 0.25) is 0 Å². The topological polar surface area (TPSA) is 30.5 Å². The van der Waals surface area contributed by atoms with E-state index in [1.54, 1.807) is 0 Å². The van der Waals surface area contributed by atoms with Gasteiger partial charge in [-0.1, -0.05) is 33.1 Å². The van der Waals surface area contributed by atoms with E-state index in [-0.39, 0.29) is 0 Å². The molecular formula is C16H33NO2. The Hall–Kier alpha value is -0.120. The number of unbranched alkanes of at least 4 members (excludes halogenated alkanes) is 1. The highest BCUT2D eigenvalue weighted by Crippen LogP contribution is 2.14. The van der Waals surface area contributed by atoms with Gasteiger partial charge in [-0.2, -0.15) is 0 Å². The van der Waals surface area contributed by atoms with Gasteiger partial charge in [0.25, 0.3) is 0 Å². The minimum absolute atomic E-state index is 0.303. The Labute approximate surface area is 119 Å². The van der Waals surface area contributed by atoms with Gasteiger partial charge >= 0.3 is 0 Å². The summed E-state index contributed by atoms with van der Waals surface area (Å²) in [6, 6.07) is 0. The van der Waals surface area contributed by atoms with Crippen LogP contribution in [0.15, 0.2) is 0 Å². The quantitative estimate of drug-likeness (QED) is 0.625. The molecule has 0 aliphatic carbocycles. The van der Waals surface area contributed by atoms with Crippen molar-refractivity contribution in [1.29, 1.82) is 0 Å². The van der Waals surface area contributed by atoms with Crippen molar-refractivity contribution in [2.24, 2.45) is 5.92 Å². The maximum atomic E-state index is 5.95. The van der Waals surface area contributed by atoms with Crippen LogP contribution in [0.4, 0.5) is 0 Å². The Morgan fingerprint density at radius 2 is 2.21 bits per heavy atom. The van der Waals surface area contributed by atoms with E-state index in [0.717, 1.165) is 32.2 Å². The molecule has 3 unspecified atom stereocenters. The van der Waals surface area contributed by atoms with Gasteiger partial charge < -0.3 is 14.8 Å². The summed E-state index contributed by atoms with van der Waals surface area (Å²) in [6.45, 7) is 10.4. The molecule has 1 aliphatic heterocycles. The first-order valence-electron chi connectivity index (χ1n) is 8.20. The number of nitrogens with one attached hydrogen (secondary N) is 1. The zero-order valence-corrected chi connectivity index (χ0v) is 13.1. The molecule has 0 radical (unpaired) electrons. The lowest BCUT2D eigenvalue weighted by atomic mass is 10.0. The van der Waals surface area contributed by atoms with Crippen molar-refractivity contribution in [2.75, 3.05) is 26.3 Å².